The molecule has 1 fully saturated rings. The van der Waals surface area contributed by atoms with Crippen molar-refractivity contribution in [2.75, 3.05) is 19.7 Å². The van der Waals surface area contributed by atoms with Gasteiger partial charge in [-0.2, -0.15) is 13.2 Å². The Morgan fingerprint density at radius 2 is 2.05 bits per heavy atom. The number of ether oxygens (including phenoxy) is 1. The van der Waals surface area contributed by atoms with Gasteiger partial charge in [-0.25, -0.2) is 4.99 Å². The van der Waals surface area contributed by atoms with Crippen LogP contribution >= 0.6 is 0 Å². The van der Waals surface area contributed by atoms with E-state index in [4.69, 9.17) is 15.6 Å². The molecule has 1 heterocycles. The molecule has 4 N–H and O–H groups in total. The van der Waals surface area contributed by atoms with Crippen LogP contribution in [-0.4, -0.2) is 42.9 Å². The van der Waals surface area contributed by atoms with Gasteiger partial charge in [0.1, 0.15) is 11.9 Å². The SMILES string of the molecule is C=C(/C=C(CCO)\N=C(/N)C(F)(F)F)OC1CCNCC1. The van der Waals surface area contributed by atoms with Crippen LogP contribution in [0.15, 0.2) is 29.1 Å². The lowest BCUT2D eigenvalue weighted by Gasteiger charge is -2.24. The summed E-state index contributed by atoms with van der Waals surface area (Å²) < 4.78 is 42.6. The average molecular weight is 307 g/mol. The first-order valence-electron chi connectivity index (χ1n) is 6.62. The summed E-state index contributed by atoms with van der Waals surface area (Å²) in [6, 6.07) is 0. The van der Waals surface area contributed by atoms with E-state index in [9.17, 15) is 13.2 Å². The monoisotopic (exact) mass is 307 g/mol. The van der Waals surface area contributed by atoms with Gasteiger partial charge in [-0.05, 0) is 25.9 Å². The summed E-state index contributed by atoms with van der Waals surface area (Å²) in [6.07, 6.45) is -1.91. The van der Waals surface area contributed by atoms with Crippen LogP contribution in [0.1, 0.15) is 19.3 Å². The lowest BCUT2D eigenvalue weighted by Crippen LogP contribution is -2.32. The fourth-order valence-electron chi connectivity index (χ4n) is 1.84. The Balaban J connectivity index is 2.71. The number of aliphatic hydroxyl groups excluding tert-OH is 1. The molecule has 0 unspecified atom stereocenters. The van der Waals surface area contributed by atoms with Gasteiger partial charge in [-0.15, -0.1) is 0 Å². The zero-order chi connectivity index (χ0) is 15.9. The van der Waals surface area contributed by atoms with Gasteiger partial charge >= 0.3 is 6.18 Å². The van der Waals surface area contributed by atoms with Crippen LogP contribution < -0.4 is 11.1 Å². The van der Waals surface area contributed by atoms with E-state index in [2.05, 4.69) is 16.9 Å². The molecule has 0 aromatic rings. The molecule has 0 aliphatic carbocycles. The van der Waals surface area contributed by atoms with Crippen molar-refractivity contribution < 1.29 is 23.0 Å². The molecule has 0 aromatic carbocycles. The van der Waals surface area contributed by atoms with Gasteiger partial charge < -0.3 is 20.9 Å². The van der Waals surface area contributed by atoms with Crippen molar-refractivity contribution in [3.05, 3.63) is 24.1 Å². The molecule has 120 valence electrons. The molecular formula is C13H20F3N3O2. The van der Waals surface area contributed by atoms with Gasteiger partial charge in [0.25, 0.3) is 0 Å². The van der Waals surface area contributed by atoms with Crippen molar-refractivity contribution >= 4 is 5.84 Å². The highest BCUT2D eigenvalue weighted by Crippen LogP contribution is 2.18. The molecule has 1 aliphatic rings. The molecule has 5 nitrogen and oxygen atoms in total. The summed E-state index contributed by atoms with van der Waals surface area (Å²) >= 11 is 0. The predicted molar refractivity (Wildman–Crippen MR) is 73.6 cm³/mol. The number of halogens is 3. The second-order valence-electron chi connectivity index (χ2n) is 4.64. The Hall–Kier alpha value is -1.54. The lowest BCUT2D eigenvalue weighted by atomic mass is 10.1. The zero-order valence-corrected chi connectivity index (χ0v) is 11.6. The Morgan fingerprint density at radius 3 is 2.57 bits per heavy atom. The van der Waals surface area contributed by atoms with Gasteiger partial charge in [0.2, 0.25) is 5.84 Å². The highest BCUT2D eigenvalue weighted by atomic mass is 19.4. The van der Waals surface area contributed by atoms with E-state index in [1.54, 1.807) is 0 Å². The van der Waals surface area contributed by atoms with Crippen molar-refractivity contribution in [2.45, 2.75) is 31.5 Å². The second kappa shape index (κ2) is 8.04. The van der Waals surface area contributed by atoms with E-state index in [0.29, 0.717) is 0 Å². The first kappa shape index (κ1) is 17.5. The van der Waals surface area contributed by atoms with E-state index < -0.39 is 12.0 Å². The third kappa shape index (κ3) is 6.63. The Kier molecular flexibility index (Phi) is 6.70. The number of hydrogen-bond donors (Lipinski definition) is 3. The smallest absolute Gasteiger partial charge is 0.448 e. The molecule has 0 amide bonds. The van der Waals surface area contributed by atoms with Gasteiger partial charge in [-0.1, -0.05) is 6.58 Å². The minimum Gasteiger partial charge on any atom is -0.491 e. The number of nitrogens with one attached hydrogen (secondary N) is 1. The summed E-state index contributed by atoms with van der Waals surface area (Å²) in [7, 11) is 0. The third-order valence-corrected chi connectivity index (χ3v) is 2.85. The van der Waals surface area contributed by atoms with E-state index in [0.717, 1.165) is 25.9 Å². The minimum absolute atomic E-state index is 0.0191. The van der Waals surface area contributed by atoms with Crippen molar-refractivity contribution in [3.8, 4) is 0 Å². The van der Waals surface area contributed by atoms with E-state index in [1.807, 2.05) is 0 Å². The summed E-state index contributed by atoms with van der Waals surface area (Å²) in [6.45, 7) is 4.95. The number of amidine groups is 1. The van der Waals surface area contributed by atoms with Crippen LogP contribution in [0.2, 0.25) is 0 Å². The lowest BCUT2D eigenvalue weighted by molar-refractivity contribution is -0.0599. The maximum atomic E-state index is 12.4. The molecule has 0 aromatic heterocycles. The largest absolute Gasteiger partial charge is 0.491 e. The second-order valence-corrected chi connectivity index (χ2v) is 4.64. The fourth-order valence-corrected chi connectivity index (χ4v) is 1.84. The number of alkyl halides is 3. The number of aliphatic imine (C=N–C) groups is 1. The Bertz CT molecular complexity index is 413. The first-order chi connectivity index (χ1) is 9.82. The Labute approximate surface area is 121 Å². The van der Waals surface area contributed by atoms with E-state index in [1.165, 1.54) is 6.08 Å². The maximum Gasteiger partial charge on any atom is 0.448 e. The fraction of sp³-hybridized carbons (Fsp3) is 0.615. The predicted octanol–water partition coefficient (Wildman–Crippen LogP) is 1.45. The average Bonchev–Trinajstić information content (AvgIpc) is 2.38. The van der Waals surface area contributed by atoms with Crippen LogP contribution in [0.25, 0.3) is 0 Å². The summed E-state index contributed by atoms with van der Waals surface area (Å²) in [4.78, 5) is 3.29. The van der Waals surface area contributed by atoms with Crippen LogP contribution in [0.4, 0.5) is 13.2 Å². The van der Waals surface area contributed by atoms with Crippen molar-refractivity contribution in [1.82, 2.24) is 5.32 Å². The number of nitrogens with two attached hydrogens (primary N) is 1. The number of allylic oxidation sites excluding steroid dienone is 1. The highest BCUT2D eigenvalue weighted by Gasteiger charge is 2.33. The van der Waals surface area contributed by atoms with Gasteiger partial charge in [0, 0.05) is 24.8 Å². The molecule has 1 rings (SSSR count). The minimum atomic E-state index is -4.70. The number of piperidine rings is 1. The van der Waals surface area contributed by atoms with Gasteiger partial charge in [-0.3, -0.25) is 0 Å². The molecule has 21 heavy (non-hydrogen) atoms. The normalized spacial score (nSPS) is 18.7. The summed E-state index contributed by atoms with van der Waals surface area (Å²) in [5, 5.41) is 12.0. The third-order valence-electron chi connectivity index (χ3n) is 2.85. The molecule has 8 heteroatoms. The van der Waals surface area contributed by atoms with Crippen molar-refractivity contribution in [3.63, 3.8) is 0 Å². The molecule has 0 spiro atoms. The number of aliphatic hydroxyl groups is 1. The maximum absolute atomic E-state index is 12.4. The van der Waals surface area contributed by atoms with Crippen LogP contribution in [0, 0.1) is 0 Å². The first-order valence-corrected chi connectivity index (χ1v) is 6.62. The van der Waals surface area contributed by atoms with E-state index in [-0.39, 0.29) is 30.6 Å². The topological polar surface area (TPSA) is 79.9 Å². The molecule has 1 saturated heterocycles. The number of hydrogen-bond acceptors (Lipinski definition) is 4. The standard InChI is InChI=1S/C13H20F3N3O2/c1-9(21-11-2-5-18-6-3-11)8-10(4-7-20)19-12(17)13(14,15)16/h8,11,18,20H,1-7H2,(H2,17,19)/b10-8-. The molecule has 0 bridgehead atoms. The van der Waals surface area contributed by atoms with Crippen LogP contribution in [0.3, 0.4) is 0 Å². The molecule has 0 radical (unpaired) electrons. The molecular weight excluding hydrogens is 287 g/mol. The highest BCUT2D eigenvalue weighted by molar-refractivity contribution is 5.86. The Morgan fingerprint density at radius 1 is 1.43 bits per heavy atom. The van der Waals surface area contributed by atoms with Crippen molar-refractivity contribution in [1.29, 1.82) is 0 Å². The zero-order valence-electron chi connectivity index (χ0n) is 11.6. The molecule has 1 aliphatic heterocycles. The van der Waals surface area contributed by atoms with Gasteiger partial charge in [0.15, 0.2) is 0 Å². The number of nitrogens with zero attached hydrogens (tertiary/aromatic N) is 1. The van der Waals surface area contributed by atoms with Gasteiger partial charge in [0.05, 0.1) is 0 Å². The molecule has 0 atom stereocenters. The number of rotatable bonds is 6. The quantitative estimate of drug-likeness (QED) is 0.300. The van der Waals surface area contributed by atoms with Crippen LogP contribution in [-0.2, 0) is 4.74 Å². The summed E-state index contributed by atoms with van der Waals surface area (Å²) in [5.41, 5.74) is 4.84. The van der Waals surface area contributed by atoms with Crippen LogP contribution in [0.5, 0.6) is 0 Å². The summed E-state index contributed by atoms with van der Waals surface area (Å²) in [5.74, 6) is -1.25. The molecule has 0 saturated carbocycles. The van der Waals surface area contributed by atoms with E-state index >= 15 is 0 Å². The van der Waals surface area contributed by atoms with Crippen molar-refractivity contribution in [2.24, 2.45) is 10.7 Å².